The second kappa shape index (κ2) is 5.12. The number of hydrogen-bond donors (Lipinski definition) is 1. The molecule has 0 saturated heterocycles. The highest BCUT2D eigenvalue weighted by Crippen LogP contribution is 2.48. The minimum absolute atomic E-state index is 0.00176. The molecule has 18 heavy (non-hydrogen) atoms. The van der Waals surface area contributed by atoms with Crippen molar-refractivity contribution in [3.63, 3.8) is 0 Å². The van der Waals surface area contributed by atoms with Gasteiger partial charge in [-0.3, -0.25) is 4.79 Å². The maximum atomic E-state index is 12.2. The van der Waals surface area contributed by atoms with Crippen molar-refractivity contribution in [1.82, 2.24) is 9.55 Å². The van der Waals surface area contributed by atoms with Crippen LogP contribution in [0.2, 0.25) is 0 Å². The average Bonchev–Trinajstić information content (AvgIpc) is 3.10. The minimum Gasteiger partial charge on any atom is -0.365 e. The van der Waals surface area contributed by atoms with E-state index in [9.17, 15) is 4.79 Å². The summed E-state index contributed by atoms with van der Waals surface area (Å²) in [5.41, 5.74) is 0.422. The zero-order valence-electron chi connectivity index (χ0n) is 11.6. The van der Waals surface area contributed by atoms with Crippen molar-refractivity contribution >= 4 is 5.82 Å². The largest absolute Gasteiger partial charge is 0.365 e. The van der Waals surface area contributed by atoms with E-state index in [1.807, 2.05) is 0 Å². The summed E-state index contributed by atoms with van der Waals surface area (Å²) < 4.78 is 1.74. The standard InChI is InChI=1S/C14H23N3O/c1-4-14(5-6-14)10-16-12-13(18)17(8-7-15-12)9-11(2)3/h7-8,11H,4-6,9-10H2,1-3H3,(H,15,16). The van der Waals surface area contributed by atoms with E-state index in [2.05, 4.69) is 31.1 Å². The van der Waals surface area contributed by atoms with Gasteiger partial charge in [0.25, 0.3) is 5.56 Å². The molecule has 1 N–H and O–H groups in total. The van der Waals surface area contributed by atoms with Crippen LogP contribution < -0.4 is 10.9 Å². The third-order valence-corrected chi connectivity index (χ3v) is 3.81. The summed E-state index contributed by atoms with van der Waals surface area (Å²) in [5.74, 6) is 0.959. The number of hydrogen-bond acceptors (Lipinski definition) is 3. The van der Waals surface area contributed by atoms with Crippen molar-refractivity contribution in [2.75, 3.05) is 11.9 Å². The number of aromatic nitrogens is 2. The summed E-state index contributed by atoms with van der Waals surface area (Å²) in [7, 11) is 0. The lowest BCUT2D eigenvalue weighted by molar-refractivity contribution is 0.504. The Bertz CT molecular complexity index is 460. The van der Waals surface area contributed by atoms with Gasteiger partial charge in [0.1, 0.15) is 0 Å². The summed E-state index contributed by atoms with van der Waals surface area (Å²) in [4.78, 5) is 16.3. The van der Waals surface area contributed by atoms with Gasteiger partial charge in [-0.2, -0.15) is 0 Å². The molecule has 0 amide bonds. The number of nitrogens with zero attached hydrogens (tertiary/aromatic N) is 2. The summed E-state index contributed by atoms with van der Waals surface area (Å²) in [6, 6.07) is 0. The Morgan fingerprint density at radius 2 is 2.22 bits per heavy atom. The highest BCUT2D eigenvalue weighted by Gasteiger charge is 2.40. The van der Waals surface area contributed by atoms with E-state index >= 15 is 0 Å². The molecular weight excluding hydrogens is 226 g/mol. The van der Waals surface area contributed by atoms with Gasteiger partial charge in [0, 0.05) is 25.5 Å². The molecule has 1 fully saturated rings. The molecule has 0 radical (unpaired) electrons. The molecule has 1 aromatic rings. The summed E-state index contributed by atoms with van der Waals surface area (Å²) >= 11 is 0. The van der Waals surface area contributed by atoms with Crippen molar-refractivity contribution in [2.24, 2.45) is 11.3 Å². The molecule has 4 nitrogen and oxygen atoms in total. The van der Waals surface area contributed by atoms with E-state index in [1.165, 1.54) is 19.3 Å². The Kier molecular flexibility index (Phi) is 3.73. The monoisotopic (exact) mass is 249 g/mol. The summed E-state index contributed by atoms with van der Waals surface area (Å²) in [5, 5.41) is 3.24. The van der Waals surface area contributed by atoms with Crippen LogP contribution in [0.5, 0.6) is 0 Å². The average molecular weight is 249 g/mol. The molecule has 1 heterocycles. The van der Waals surface area contributed by atoms with Crippen LogP contribution in [0, 0.1) is 11.3 Å². The first-order valence-corrected chi connectivity index (χ1v) is 6.86. The van der Waals surface area contributed by atoms with E-state index in [0.29, 0.717) is 17.2 Å². The predicted molar refractivity (Wildman–Crippen MR) is 73.8 cm³/mol. The van der Waals surface area contributed by atoms with Gasteiger partial charge in [0.2, 0.25) is 0 Å². The molecule has 100 valence electrons. The maximum Gasteiger partial charge on any atom is 0.293 e. The van der Waals surface area contributed by atoms with Crippen LogP contribution in [-0.2, 0) is 6.54 Å². The van der Waals surface area contributed by atoms with Gasteiger partial charge in [-0.15, -0.1) is 0 Å². The molecule has 0 spiro atoms. The second-order valence-electron chi connectivity index (χ2n) is 5.83. The molecule has 1 aliphatic carbocycles. The Labute approximate surface area is 108 Å². The molecule has 1 aromatic heterocycles. The van der Waals surface area contributed by atoms with Crippen LogP contribution in [0.25, 0.3) is 0 Å². The normalized spacial score (nSPS) is 16.9. The summed E-state index contributed by atoms with van der Waals surface area (Å²) in [6.45, 7) is 8.04. The molecular formula is C14H23N3O. The van der Waals surface area contributed by atoms with Crippen molar-refractivity contribution in [1.29, 1.82) is 0 Å². The maximum absolute atomic E-state index is 12.2. The van der Waals surface area contributed by atoms with E-state index in [0.717, 1.165) is 13.1 Å². The SMILES string of the molecule is CCC1(CNc2nccn(CC(C)C)c2=O)CC1. The number of nitrogens with one attached hydrogen (secondary N) is 1. The van der Waals surface area contributed by atoms with Crippen LogP contribution in [0.15, 0.2) is 17.2 Å². The highest BCUT2D eigenvalue weighted by atomic mass is 16.1. The summed E-state index contributed by atoms with van der Waals surface area (Å²) in [6.07, 6.45) is 7.18. The van der Waals surface area contributed by atoms with Crippen LogP contribution >= 0.6 is 0 Å². The Hall–Kier alpha value is -1.32. The molecule has 0 aliphatic heterocycles. The number of rotatable bonds is 6. The Balaban J connectivity index is 2.06. The van der Waals surface area contributed by atoms with Gasteiger partial charge in [0.05, 0.1) is 0 Å². The lowest BCUT2D eigenvalue weighted by atomic mass is 10.0. The van der Waals surface area contributed by atoms with Crippen LogP contribution in [0.1, 0.15) is 40.0 Å². The van der Waals surface area contributed by atoms with Gasteiger partial charge < -0.3 is 9.88 Å². The van der Waals surface area contributed by atoms with Crippen LogP contribution in [0.3, 0.4) is 0 Å². The predicted octanol–water partition coefficient (Wildman–Crippen LogP) is 2.50. The van der Waals surface area contributed by atoms with Crippen molar-refractivity contribution < 1.29 is 0 Å². The van der Waals surface area contributed by atoms with E-state index in [4.69, 9.17) is 0 Å². The quantitative estimate of drug-likeness (QED) is 0.842. The molecule has 0 bridgehead atoms. The first kappa shape index (κ1) is 13.1. The third-order valence-electron chi connectivity index (χ3n) is 3.81. The molecule has 0 unspecified atom stereocenters. The molecule has 0 atom stereocenters. The smallest absolute Gasteiger partial charge is 0.293 e. The van der Waals surface area contributed by atoms with Crippen molar-refractivity contribution in [2.45, 2.75) is 46.6 Å². The first-order chi connectivity index (χ1) is 8.56. The highest BCUT2D eigenvalue weighted by molar-refractivity contribution is 5.31. The Morgan fingerprint density at radius 1 is 1.50 bits per heavy atom. The topological polar surface area (TPSA) is 46.9 Å². The van der Waals surface area contributed by atoms with Gasteiger partial charge >= 0.3 is 0 Å². The first-order valence-electron chi connectivity index (χ1n) is 6.86. The van der Waals surface area contributed by atoms with Crippen molar-refractivity contribution in [3.8, 4) is 0 Å². The number of anilines is 1. The fourth-order valence-corrected chi connectivity index (χ4v) is 2.21. The van der Waals surface area contributed by atoms with Crippen molar-refractivity contribution in [3.05, 3.63) is 22.7 Å². The minimum atomic E-state index is -0.00176. The fraction of sp³-hybridized carbons (Fsp3) is 0.714. The molecule has 1 saturated carbocycles. The van der Waals surface area contributed by atoms with Gasteiger partial charge in [-0.25, -0.2) is 4.98 Å². The lowest BCUT2D eigenvalue weighted by Crippen LogP contribution is -2.28. The molecule has 2 rings (SSSR count). The molecule has 4 heteroatoms. The van der Waals surface area contributed by atoms with Gasteiger partial charge in [-0.05, 0) is 30.6 Å². The Morgan fingerprint density at radius 3 is 2.78 bits per heavy atom. The van der Waals surface area contributed by atoms with E-state index < -0.39 is 0 Å². The van der Waals surface area contributed by atoms with Crippen LogP contribution in [-0.4, -0.2) is 16.1 Å². The molecule has 1 aliphatic rings. The lowest BCUT2D eigenvalue weighted by Gasteiger charge is -2.15. The van der Waals surface area contributed by atoms with Crippen LogP contribution in [0.4, 0.5) is 5.82 Å². The second-order valence-corrected chi connectivity index (χ2v) is 5.83. The van der Waals surface area contributed by atoms with Gasteiger partial charge in [0.15, 0.2) is 5.82 Å². The third kappa shape index (κ3) is 2.92. The van der Waals surface area contributed by atoms with E-state index in [1.54, 1.807) is 17.0 Å². The fourth-order valence-electron chi connectivity index (χ4n) is 2.21. The van der Waals surface area contributed by atoms with Gasteiger partial charge in [-0.1, -0.05) is 20.8 Å². The zero-order valence-corrected chi connectivity index (χ0v) is 11.6. The van der Waals surface area contributed by atoms with E-state index in [-0.39, 0.29) is 5.56 Å². The zero-order chi connectivity index (χ0) is 13.2. The molecule has 0 aromatic carbocycles.